The fourth-order valence-corrected chi connectivity index (χ4v) is 10.4. The third-order valence-corrected chi connectivity index (χ3v) is 13.3. The predicted octanol–water partition coefficient (Wildman–Crippen LogP) is 17.1. The van der Waals surface area contributed by atoms with Crippen LogP contribution in [-0.4, -0.2) is 0 Å². The average Bonchev–Trinajstić information content (AvgIpc) is 3.65. The third-order valence-electron chi connectivity index (χ3n) is 12.1. The molecule has 0 atom stereocenters. The van der Waals surface area contributed by atoms with Gasteiger partial charge in [-0.05, 0) is 104 Å². The summed E-state index contributed by atoms with van der Waals surface area (Å²) in [6.07, 6.45) is 0. The summed E-state index contributed by atoms with van der Waals surface area (Å²) in [5, 5.41) is 4.98. The van der Waals surface area contributed by atoms with Crippen LogP contribution in [0.2, 0.25) is 0 Å². The number of benzene rings is 10. The maximum Gasteiger partial charge on any atom is 0.137 e. The predicted molar refractivity (Wildman–Crippen MR) is 259 cm³/mol. The van der Waals surface area contributed by atoms with Crippen molar-refractivity contribution in [1.82, 2.24) is 0 Å². The Bertz CT molecular complexity index is 3420. The third kappa shape index (κ3) is 6.01. The molecular formula is C58H37NOS. The molecule has 10 aromatic carbocycles. The Labute approximate surface area is 358 Å². The molecule has 0 aliphatic carbocycles. The minimum atomic E-state index is 0.820. The number of fused-ring (bicyclic) bond motifs is 10. The van der Waals surface area contributed by atoms with Crippen molar-refractivity contribution in [3.05, 3.63) is 224 Å². The number of hydrogen-bond acceptors (Lipinski definition) is 3. The highest BCUT2D eigenvalue weighted by molar-refractivity contribution is 7.26. The second kappa shape index (κ2) is 14.5. The van der Waals surface area contributed by atoms with E-state index in [1.54, 1.807) is 0 Å². The minimum Gasteiger partial charge on any atom is -0.456 e. The van der Waals surface area contributed by atoms with Crippen molar-refractivity contribution in [3.8, 4) is 67.1 Å². The zero-order valence-corrected chi connectivity index (χ0v) is 33.9. The molecule has 0 spiro atoms. The van der Waals surface area contributed by atoms with Crippen molar-refractivity contribution in [1.29, 1.82) is 0 Å². The van der Waals surface area contributed by atoms with E-state index in [-0.39, 0.29) is 0 Å². The normalized spacial score (nSPS) is 11.7. The lowest BCUT2D eigenvalue weighted by Gasteiger charge is -2.29. The van der Waals surface area contributed by atoms with Crippen LogP contribution in [0.4, 0.5) is 17.1 Å². The number of ether oxygens (including phenoxy) is 1. The molecular weight excluding hydrogens is 759 g/mol. The van der Waals surface area contributed by atoms with Crippen molar-refractivity contribution >= 4 is 59.3 Å². The first-order valence-corrected chi connectivity index (χ1v) is 21.6. The molecule has 0 saturated carbocycles. The van der Waals surface area contributed by atoms with E-state index in [2.05, 4.69) is 229 Å². The molecule has 0 saturated heterocycles. The van der Waals surface area contributed by atoms with E-state index >= 15 is 0 Å². The lowest BCUT2D eigenvalue weighted by Crippen LogP contribution is -2.11. The number of rotatable bonds is 6. The van der Waals surface area contributed by atoms with Crippen LogP contribution in [0.1, 0.15) is 0 Å². The highest BCUT2D eigenvalue weighted by Crippen LogP contribution is 2.55. The maximum absolute atomic E-state index is 7.08. The monoisotopic (exact) mass is 795 g/mol. The van der Waals surface area contributed by atoms with Crippen molar-refractivity contribution in [3.63, 3.8) is 0 Å². The van der Waals surface area contributed by atoms with E-state index in [9.17, 15) is 0 Å². The van der Waals surface area contributed by atoms with Crippen LogP contribution in [0.3, 0.4) is 0 Å². The van der Waals surface area contributed by atoms with Crippen molar-refractivity contribution in [2.75, 3.05) is 4.90 Å². The molecule has 3 heteroatoms. The van der Waals surface area contributed by atoms with Gasteiger partial charge in [-0.15, -0.1) is 11.3 Å². The quantitative estimate of drug-likeness (QED) is 0.166. The largest absolute Gasteiger partial charge is 0.456 e. The zero-order chi connectivity index (χ0) is 40.3. The second-order valence-corrected chi connectivity index (χ2v) is 16.7. The molecule has 1 aliphatic rings. The van der Waals surface area contributed by atoms with Gasteiger partial charge in [-0.3, -0.25) is 0 Å². The lowest BCUT2D eigenvalue weighted by molar-refractivity contribution is 0.488. The second-order valence-electron chi connectivity index (χ2n) is 15.6. The number of hydrogen-bond donors (Lipinski definition) is 0. The summed E-state index contributed by atoms with van der Waals surface area (Å²) >= 11 is 1.87. The van der Waals surface area contributed by atoms with Gasteiger partial charge in [-0.25, -0.2) is 0 Å². The van der Waals surface area contributed by atoms with Gasteiger partial charge in [0.05, 0.1) is 5.69 Å². The molecule has 286 valence electrons. The first-order valence-electron chi connectivity index (χ1n) is 20.7. The van der Waals surface area contributed by atoms with Crippen LogP contribution in [0.5, 0.6) is 11.5 Å². The Morgan fingerprint density at radius 2 is 0.951 bits per heavy atom. The van der Waals surface area contributed by atoms with Gasteiger partial charge in [0, 0.05) is 48.2 Å². The molecule has 2 heterocycles. The van der Waals surface area contributed by atoms with Crippen LogP contribution < -0.4 is 9.64 Å². The molecule has 0 amide bonds. The summed E-state index contributed by atoms with van der Waals surface area (Å²) in [7, 11) is 0. The van der Waals surface area contributed by atoms with Gasteiger partial charge in [0.25, 0.3) is 0 Å². The lowest BCUT2D eigenvalue weighted by atomic mass is 9.87. The molecule has 1 aromatic heterocycles. The van der Waals surface area contributed by atoms with Gasteiger partial charge in [0.2, 0.25) is 0 Å². The van der Waals surface area contributed by atoms with Crippen LogP contribution >= 0.6 is 11.3 Å². The molecule has 0 fully saturated rings. The van der Waals surface area contributed by atoms with Crippen molar-refractivity contribution < 1.29 is 4.74 Å². The molecule has 0 unspecified atom stereocenters. The molecule has 0 N–H and O–H groups in total. The van der Waals surface area contributed by atoms with E-state index < -0.39 is 0 Å². The van der Waals surface area contributed by atoms with E-state index in [1.165, 1.54) is 58.8 Å². The van der Waals surface area contributed by atoms with Crippen LogP contribution in [0.25, 0.3) is 86.6 Å². The maximum atomic E-state index is 7.08. The Hall–Kier alpha value is -7.72. The fourth-order valence-electron chi connectivity index (χ4n) is 9.19. The summed E-state index contributed by atoms with van der Waals surface area (Å²) < 4.78 is 9.71. The molecule has 0 radical (unpaired) electrons. The molecule has 2 nitrogen and oxygen atoms in total. The smallest absolute Gasteiger partial charge is 0.137 e. The summed E-state index contributed by atoms with van der Waals surface area (Å²) in [5.74, 6) is 1.66. The standard InChI is InChI=1S/C58H37NOS/c1-3-13-38(14-4-1)40-25-31-44(32-26-40)59(45-33-27-42(28-34-45)47-20-11-21-50-48-19-9-10-24-55(48)61-58(47)50)52-22-12-23-54-57(52)56-46-18-8-7-17-41(46)29-35-49(56)51-37-43(30-36-53(51)60-54)39-15-5-2-6-16-39/h1-37H. The van der Waals surface area contributed by atoms with E-state index in [0.29, 0.717) is 0 Å². The number of nitrogens with zero attached hydrogens (tertiary/aromatic N) is 1. The highest BCUT2D eigenvalue weighted by Gasteiger charge is 2.28. The van der Waals surface area contributed by atoms with E-state index in [0.717, 1.165) is 56.4 Å². The first kappa shape index (κ1) is 35.2. The molecule has 0 bridgehead atoms. The van der Waals surface area contributed by atoms with Gasteiger partial charge in [-0.1, -0.05) is 170 Å². The highest BCUT2D eigenvalue weighted by atomic mass is 32.1. The van der Waals surface area contributed by atoms with Crippen molar-refractivity contribution in [2.45, 2.75) is 0 Å². The Balaban J connectivity index is 1.07. The Morgan fingerprint density at radius 1 is 0.344 bits per heavy atom. The summed E-state index contributed by atoms with van der Waals surface area (Å²) in [6, 6.07) is 81.0. The molecule has 11 aromatic rings. The zero-order valence-electron chi connectivity index (χ0n) is 33.1. The summed E-state index contributed by atoms with van der Waals surface area (Å²) in [4.78, 5) is 2.40. The van der Waals surface area contributed by atoms with E-state index in [1.807, 2.05) is 11.3 Å². The van der Waals surface area contributed by atoms with Gasteiger partial charge in [-0.2, -0.15) is 0 Å². The average molecular weight is 796 g/mol. The first-order chi connectivity index (χ1) is 30.2. The van der Waals surface area contributed by atoms with Crippen LogP contribution in [-0.2, 0) is 0 Å². The number of anilines is 3. The summed E-state index contributed by atoms with van der Waals surface area (Å²) in [5.41, 5.74) is 14.7. The minimum absolute atomic E-state index is 0.820. The van der Waals surface area contributed by atoms with E-state index in [4.69, 9.17) is 4.74 Å². The topological polar surface area (TPSA) is 12.5 Å². The SMILES string of the molecule is c1ccc(-c2ccc(N(c3ccc(-c4cccc5c4sc4ccccc45)cc3)c3cccc4c3-c3c(ccc5ccccc35)-c3cc(-c5ccccc5)ccc3O4)cc2)cc1. The van der Waals surface area contributed by atoms with Crippen molar-refractivity contribution in [2.24, 2.45) is 0 Å². The Morgan fingerprint density at radius 3 is 1.72 bits per heavy atom. The molecule has 61 heavy (non-hydrogen) atoms. The van der Waals surface area contributed by atoms with Gasteiger partial charge < -0.3 is 9.64 Å². The van der Waals surface area contributed by atoms with Gasteiger partial charge in [0.15, 0.2) is 0 Å². The van der Waals surface area contributed by atoms with Gasteiger partial charge >= 0.3 is 0 Å². The van der Waals surface area contributed by atoms with Crippen LogP contribution in [0.15, 0.2) is 224 Å². The summed E-state index contributed by atoms with van der Waals surface area (Å²) in [6.45, 7) is 0. The van der Waals surface area contributed by atoms with Crippen LogP contribution in [0, 0.1) is 0 Å². The molecule has 1 aliphatic heterocycles. The molecule has 12 rings (SSSR count). The number of thiophene rings is 1. The Kier molecular flexibility index (Phi) is 8.39. The fraction of sp³-hybridized carbons (Fsp3) is 0. The van der Waals surface area contributed by atoms with Gasteiger partial charge in [0.1, 0.15) is 11.5 Å².